The number of hydrogen-bond acceptors (Lipinski definition) is 5. The van der Waals surface area contributed by atoms with Crippen LogP contribution in [-0.4, -0.2) is 27.5 Å². The monoisotopic (exact) mass is 486 g/mol. The molecular formula is C24H23ClN2O5S. The molecule has 172 valence electrons. The standard InChI is InChI=1S/C24H23ClN2O5S/c1-15-4-3-5-19(12-15)27-33(29,30)23-14-18(6-8-20(23)25)24(28)26-16(2)17-7-9-21-22(13-17)32-11-10-31-21/h3-9,12-14,16,27H,10-11H2,1-2H3,(H,26,28)/t16-/m0/s1. The second kappa shape index (κ2) is 9.33. The third-order valence-electron chi connectivity index (χ3n) is 5.17. The van der Waals surface area contributed by atoms with Crippen molar-refractivity contribution in [3.05, 3.63) is 82.4 Å². The summed E-state index contributed by atoms with van der Waals surface area (Å²) in [5.41, 5.74) is 2.32. The van der Waals surface area contributed by atoms with Crippen LogP contribution < -0.4 is 19.5 Å². The van der Waals surface area contributed by atoms with Crippen LogP contribution in [-0.2, 0) is 10.0 Å². The number of anilines is 1. The van der Waals surface area contributed by atoms with E-state index in [1.807, 2.05) is 32.0 Å². The molecule has 33 heavy (non-hydrogen) atoms. The number of benzene rings is 3. The molecule has 0 radical (unpaired) electrons. The summed E-state index contributed by atoms with van der Waals surface area (Å²) in [6.07, 6.45) is 0. The first-order chi connectivity index (χ1) is 15.7. The second-order valence-electron chi connectivity index (χ2n) is 7.72. The molecule has 1 aliphatic heterocycles. The molecular weight excluding hydrogens is 464 g/mol. The largest absolute Gasteiger partial charge is 0.486 e. The van der Waals surface area contributed by atoms with Crippen molar-refractivity contribution in [2.75, 3.05) is 17.9 Å². The summed E-state index contributed by atoms with van der Waals surface area (Å²) in [6, 6.07) is 16.2. The molecule has 0 saturated heterocycles. The molecule has 0 spiro atoms. The highest BCUT2D eigenvalue weighted by Gasteiger charge is 2.22. The van der Waals surface area contributed by atoms with E-state index < -0.39 is 15.9 Å². The molecule has 3 aromatic rings. The van der Waals surface area contributed by atoms with Gasteiger partial charge in [-0.15, -0.1) is 0 Å². The van der Waals surface area contributed by atoms with Gasteiger partial charge in [0, 0.05) is 11.3 Å². The van der Waals surface area contributed by atoms with Crippen LogP contribution in [0, 0.1) is 6.92 Å². The van der Waals surface area contributed by atoms with Gasteiger partial charge in [-0.2, -0.15) is 0 Å². The maximum absolute atomic E-state index is 12.9. The van der Waals surface area contributed by atoms with Gasteiger partial charge in [0.25, 0.3) is 15.9 Å². The van der Waals surface area contributed by atoms with Crippen LogP contribution in [0.25, 0.3) is 0 Å². The molecule has 0 bridgehead atoms. The first-order valence-electron chi connectivity index (χ1n) is 10.3. The maximum atomic E-state index is 12.9. The molecule has 3 aromatic carbocycles. The zero-order valence-corrected chi connectivity index (χ0v) is 19.7. The van der Waals surface area contributed by atoms with Crippen LogP contribution in [0.1, 0.15) is 34.5 Å². The molecule has 1 atom stereocenters. The van der Waals surface area contributed by atoms with Gasteiger partial charge in [0.15, 0.2) is 11.5 Å². The predicted molar refractivity (Wildman–Crippen MR) is 127 cm³/mol. The summed E-state index contributed by atoms with van der Waals surface area (Å²) in [5.74, 6) is 0.861. The number of aryl methyl sites for hydroxylation is 1. The molecule has 0 saturated carbocycles. The van der Waals surface area contributed by atoms with Gasteiger partial charge >= 0.3 is 0 Å². The molecule has 4 rings (SSSR count). The number of rotatable bonds is 6. The Morgan fingerprint density at radius 2 is 1.76 bits per heavy atom. The Labute approximate surface area is 197 Å². The number of carbonyl (C=O) groups excluding carboxylic acids is 1. The lowest BCUT2D eigenvalue weighted by Gasteiger charge is -2.21. The summed E-state index contributed by atoms with van der Waals surface area (Å²) in [6.45, 7) is 4.66. The number of fused-ring (bicyclic) bond motifs is 1. The Bertz CT molecular complexity index is 1310. The number of hydrogen-bond donors (Lipinski definition) is 2. The third kappa shape index (κ3) is 5.23. The fourth-order valence-electron chi connectivity index (χ4n) is 3.46. The van der Waals surface area contributed by atoms with E-state index in [9.17, 15) is 13.2 Å². The van der Waals surface area contributed by atoms with Crippen molar-refractivity contribution in [2.45, 2.75) is 24.8 Å². The first kappa shape index (κ1) is 22.9. The van der Waals surface area contributed by atoms with Gasteiger partial charge in [0.05, 0.1) is 11.1 Å². The fraction of sp³-hybridized carbons (Fsp3) is 0.208. The summed E-state index contributed by atoms with van der Waals surface area (Å²) in [4.78, 5) is 12.7. The normalized spacial score (nSPS) is 13.8. The summed E-state index contributed by atoms with van der Waals surface area (Å²) < 4.78 is 39.5. The number of halogens is 1. The van der Waals surface area contributed by atoms with E-state index in [2.05, 4.69) is 10.0 Å². The Morgan fingerprint density at radius 1 is 1.00 bits per heavy atom. The Balaban J connectivity index is 1.53. The van der Waals surface area contributed by atoms with Crippen molar-refractivity contribution in [2.24, 2.45) is 0 Å². The Hall–Kier alpha value is -3.23. The van der Waals surface area contributed by atoms with Gasteiger partial charge in [-0.05, 0) is 67.4 Å². The van der Waals surface area contributed by atoms with Crippen molar-refractivity contribution in [1.82, 2.24) is 5.32 Å². The molecule has 2 N–H and O–H groups in total. The van der Waals surface area contributed by atoms with E-state index in [1.165, 1.54) is 18.2 Å². The summed E-state index contributed by atoms with van der Waals surface area (Å²) in [7, 11) is -4.00. The van der Waals surface area contributed by atoms with Crippen LogP contribution in [0.15, 0.2) is 65.6 Å². The highest BCUT2D eigenvalue weighted by molar-refractivity contribution is 7.92. The Kier molecular flexibility index (Phi) is 6.49. The second-order valence-corrected chi connectivity index (χ2v) is 9.78. The van der Waals surface area contributed by atoms with Crippen LogP contribution in [0.4, 0.5) is 5.69 Å². The van der Waals surface area contributed by atoms with Crippen LogP contribution in [0.2, 0.25) is 5.02 Å². The first-order valence-corrected chi connectivity index (χ1v) is 12.2. The lowest BCUT2D eigenvalue weighted by Crippen LogP contribution is -2.27. The van der Waals surface area contributed by atoms with E-state index in [0.717, 1.165) is 11.1 Å². The molecule has 1 aliphatic rings. The zero-order valence-electron chi connectivity index (χ0n) is 18.1. The lowest BCUT2D eigenvalue weighted by molar-refractivity contribution is 0.0939. The average molecular weight is 487 g/mol. The van der Waals surface area contributed by atoms with E-state index in [4.69, 9.17) is 21.1 Å². The quantitative estimate of drug-likeness (QED) is 0.526. The zero-order chi connectivity index (χ0) is 23.6. The number of amides is 1. The van der Waals surface area contributed by atoms with Crippen molar-refractivity contribution in [3.8, 4) is 11.5 Å². The molecule has 0 aromatic heterocycles. The van der Waals surface area contributed by atoms with Gasteiger partial charge in [-0.1, -0.05) is 29.8 Å². The predicted octanol–water partition coefficient (Wildman–Crippen LogP) is 4.71. The summed E-state index contributed by atoms with van der Waals surface area (Å²) >= 11 is 6.18. The lowest BCUT2D eigenvalue weighted by atomic mass is 10.1. The van der Waals surface area contributed by atoms with Gasteiger partial charge in [0.1, 0.15) is 18.1 Å². The van der Waals surface area contributed by atoms with Gasteiger partial charge in [-0.25, -0.2) is 8.42 Å². The number of nitrogens with one attached hydrogen (secondary N) is 2. The summed E-state index contributed by atoms with van der Waals surface area (Å²) in [5, 5.41) is 2.90. The minimum atomic E-state index is -4.00. The van der Waals surface area contributed by atoms with Crippen LogP contribution >= 0.6 is 11.6 Å². The smallest absolute Gasteiger partial charge is 0.263 e. The highest BCUT2D eigenvalue weighted by atomic mass is 35.5. The average Bonchev–Trinajstić information content (AvgIpc) is 2.78. The van der Waals surface area contributed by atoms with E-state index in [1.54, 1.807) is 24.3 Å². The van der Waals surface area contributed by atoms with Gasteiger partial charge in [-0.3, -0.25) is 9.52 Å². The minimum Gasteiger partial charge on any atom is -0.486 e. The van der Waals surface area contributed by atoms with E-state index >= 15 is 0 Å². The molecule has 7 nitrogen and oxygen atoms in total. The molecule has 0 unspecified atom stereocenters. The van der Waals surface area contributed by atoms with Gasteiger partial charge < -0.3 is 14.8 Å². The fourth-order valence-corrected chi connectivity index (χ4v) is 5.04. The van der Waals surface area contributed by atoms with Crippen molar-refractivity contribution in [1.29, 1.82) is 0 Å². The van der Waals surface area contributed by atoms with Crippen LogP contribution in [0.5, 0.6) is 11.5 Å². The number of carbonyl (C=O) groups is 1. The number of sulfonamides is 1. The SMILES string of the molecule is Cc1cccc(NS(=O)(=O)c2cc(C(=O)N[C@@H](C)c3ccc4c(c3)OCCO4)ccc2Cl)c1. The molecule has 1 amide bonds. The Morgan fingerprint density at radius 3 is 2.52 bits per heavy atom. The van der Waals surface area contributed by atoms with Crippen molar-refractivity contribution in [3.63, 3.8) is 0 Å². The van der Waals surface area contributed by atoms with Crippen LogP contribution in [0.3, 0.4) is 0 Å². The topological polar surface area (TPSA) is 93.7 Å². The van der Waals surface area contributed by atoms with Crippen molar-refractivity contribution < 1.29 is 22.7 Å². The van der Waals surface area contributed by atoms with E-state index in [0.29, 0.717) is 30.4 Å². The molecule has 0 fully saturated rings. The van der Waals surface area contributed by atoms with E-state index in [-0.39, 0.29) is 21.5 Å². The van der Waals surface area contributed by atoms with Gasteiger partial charge in [0.2, 0.25) is 0 Å². The maximum Gasteiger partial charge on any atom is 0.263 e. The molecule has 9 heteroatoms. The third-order valence-corrected chi connectivity index (χ3v) is 7.03. The number of ether oxygens (including phenoxy) is 2. The van der Waals surface area contributed by atoms with Crippen molar-refractivity contribution >= 4 is 33.2 Å². The minimum absolute atomic E-state index is 0.0200. The highest BCUT2D eigenvalue weighted by Crippen LogP contribution is 2.33. The molecule has 0 aliphatic carbocycles. The molecule has 1 heterocycles.